The summed E-state index contributed by atoms with van der Waals surface area (Å²) >= 11 is 15.5. The molecular formula is C15H12BrCl2NO. The first-order chi connectivity index (χ1) is 9.59. The summed E-state index contributed by atoms with van der Waals surface area (Å²) in [6.07, 6.45) is 0. The van der Waals surface area contributed by atoms with Crippen LogP contribution >= 0.6 is 39.1 Å². The van der Waals surface area contributed by atoms with Gasteiger partial charge in [-0.25, -0.2) is 0 Å². The number of hydrogen-bond acceptors (Lipinski definition) is 1. The third-order valence-electron chi connectivity index (χ3n) is 2.80. The number of halogens is 3. The molecule has 0 aliphatic rings. The third-order valence-corrected chi connectivity index (χ3v) is 4.47. The molecule has 104 valence electrons. The zero-order chi connectivity index (χ0) is 14.5. The summed E-state index contributed by atoms with van der Waals surface area (Å²) in [5.74, 6) is -0.238. The molecule has 1 atom stereocenters. The van der Waals surface area contributed by atoms with Gasteiger partial charge in [-0.15, -0.1) is 0 Å². The maximum absolute atomic E-state index is 12.1. The molecule has 0 aliphatic heterocycles. The molecule has 20 heavy (non-hydrogen) atoms. The Labute approximate surface area is 136 Å². The van der Waals surface area contributed by atoms with E-state index in [-0.39, 0.29) is 15.8 Å². The summed E-state index contributed by atoms with van der Waals surface area (Å²) in [7, 11) is 0. The molecule has 2 aromatic carbocycles. The van der Waals surface area contributed by atoms with Crippen molar-refractivity contribution in [2.45, 2.75) is 4.83 Å². The molecule has 2 nitrogen and oxygen atoms in total. The molecule has 2 aromatic rings. The largest absolute Gasteiger partial charge is 0.351 e. The Morgan fingerprint density at radius 2 is 1.80 bits per heavy atom. The first-order valence-electron chi connectivity index (χ1n) is 6.01. The Hall–Kier alpha value is -1.03. The van der Waals surface area contributed by atoms with Crippen molar-refractivity contribution in [3.63, 3.8) is 0 Å². The Morgan fingerprint density at radius 3 is 2.50 bits per heavy atom. The summed E-state index contributed by atoms with van der Waals surface area (Å²) in [6, 6.07) is 14.9. The van der Waals surface area contributed by atoms with Gasteiger partial charge < -0.3 is 5.32 Å². The van der Waals surface area contributed by atoms with Gasteiger partial charge in [0.05, 0.1) is 20.4 Å². The molecule has 0 bridgehead atoms. The average molecular weight is 373 g/mol. The van der Waals surface area contributed by atoms with Crippen molar-refractivity contribution < 1.29 is 4.79 Å². The molecule has 0 heterocycles. The molecule has 1 amide bonds. The van der Waals surface area contributed by atoms with Gasteiger partial charge in [0, 0.05) is 6.54 Å². The van der Waals surface area contributed by atoms with Crippen molar-refractivity contribution in [2.24, 2.45) is 0 Å². The number of carbonyl (C=O) groups excluding carboxylic acids is 1. The molecule has 0 fully saturated rings. The second-order valence-electron chi connectivity index (χ2n) is 4.19. The number of hydrogen-bond donors (Lipinski definition) is 1. The highest BCUT2D eigenvalue weighted by molar-refractivity contribution is 9.09. The van der Waals surface area contributed by atoms with Crippen LogP contribution in [0.1, 0.15) is 20.7 Å². The quantitative estimate of drug-likeness (QED) is 0.763. The highest BCUT2D eigenvalue weighted by atomic mass is 79.9. The number of rotatable bonds is 4. The van der Waals surface area contributed by atoms with E-state index in [9.17, 15) is 4.79 Å². The van der Waals surface area contributed by atoms with E-state index in [4.69, 9.17) is 23.2 Å². The fourth-order valence-corrected chi connectivity index (χ4v) is 2.59. The van der Waals surface area contributed by atoms with Gasteiger partial charge in [-0.1, -0.05) is 75.5 Å². The predicted octanol–water partition coefficient (Wildman–Crippen LogP) is 4.86. The average Bonchev–Trinajstić information content (AvgIpc) is 2.48. The molecule has 1 unspecified atom stereocenters. The van der Waals surface area contributed by atoms with Crippen LogP contribution in [0.15, 0.2) is 48.5 Å². The van der Waals surface area contributed by atoms with Crippen LogP contribution in [0.25, 0.3) is 0 Å². The molecule has 5 heteroatoms. The molecule has 2 rings (SSSR count). The van der Waals surface area contributed by atoms with Crippen molar-refractivity contribution in [3.05, 3.63) is 69.7 Å². The minimum atomic E-state index is -0.238. The predicted molar refractivity (Wildman–Crippen MR) is 86.9 cm³/mol. The lowest BCUT2D eigenvalue weighted by Gasteiger charge is -2.12. The van der Waals surface area contributed by atoms with Gasteiger partial charge in [-0.05, 0) is 17.7 Å². The van der Waals surface area contributed by atoms with Crippen LogP contribution in [-0.4, -0.2) is 12.5 Å². The van der Waals surface area contributed by atoms with Crippen LogP contribution in [0.2, 0.25) is 10.0 Å². The van der Waals surface area contributed by atoms with Gasteiger partial charge >= 0.3 is 0 Å². The highest BCUT2D eigenvalue weighted by Crippen LogP contribution is 2.26. The van der Waals surface area contributed by atoms with Crippen molar-refractivity contribution >= 4 is 45.0 Å². The maximum Gasteiger partial charge on any atom is 0.252 e. The Kier molecular flexibility index (Phi) is 5.46. The minimum absolute atomic E-state index is 0.0469. The summed E-state index contributed by atoms with van der Waals surface area (Å²) in [6.45, 7) is 0.464. The smallest absolute Gasteiger partial charge is 0.252 e. The molecular weight excluding hydrogens is 361 g/mol. The number of nitrogens with one attached hydrogen (secondary N) is 1. The zero-order valence-corrected chi connectivity index (χ0v) is 13.5. The maximum atomic E-state index is 12.1. The highest BCUT2D eigenvalue weighted by Gasteiger charge is 2.14. The zero-order valence-electron chi connectivity index (χ0n) is 10.4. The normalized spacial score (nSPS) is 11.9. The standard InChI is InChI=1S/C15H12BrCl2NO/c16-12(10-5-2-1-3-6-10)9-19-15(20)11-7-4-8-13(17)14(11)18/h1-8,12H,9H2,(H,19,20). The number of benzene rings is 2. The molecule has 0 saturated heterocycles. The van der Waals surface area contributed by atoms with Gasteiger partial charge in [0.1, 0.15) is 0 Å². The van der Waals surface area contributed by atoms with Crippen molar-refractivity contribution in [2.75, 3.05) is 6.54 Å². The Balaban J connectivity index is 2.01. The molecule has 0 saturated carbocycles. The van der Waals surface area contributed by atoms with Gasteiger partial charge in [0.25, 0.3) is 5.91 Å². The van der Waals surface area contributed by atoms with E-state index < -0.39 is 0 Å². The van der Waals surface area contributed by atoms with Crippen LogP contribution < -0.4 is 5.32 Å². The lowest BCUT2D eigenvalue weighted by atomic mass is 10.1. The summed E-state index contributed by atoms with van der Waals surface area (Å²) in [4.78, 5) is 12.1. The van der Waals surface area contributed by atoms with Crippen LogP contribution in [-0.2, 0) is 0 Å². The van der Waals surface area contributed by atoms with Crippen LogP contribution in [0, 0.1) is 0 Å². The molecule has 0 aliphatic carbocycles. The topological polar surface area (TPSA) is 29.1 Å². The monoisotopic (exact) mass is 371 g/mol. The molecule has 0 spiro atoms. The third kappa shape index (κ3) is 3.75. The van der Waals surface area contributed by atoms with E-state index in [1.807, 2.05) is 30.3 Å². The minimum Gasteiger partial charge on any atom is -0.351 e. The SMILES string of the molecule is O=C(NCC(Br)c1ccccc1)c1cccc(Cl)c1Cl. The van der Waals surface area contributed by atoms with Gasteiger partial charge in [0.2, 0.25) is 0 Å². The van der Waals surface area contributed by atoms with E-state index in [0.717, 1.165) is 5.56 Å². The molecule has 0 aromatic heterocycles. The number of carbonyl (C=O) groups is 1. The Bertz CT molecular complexity index is 604. The summed E-state index contributed by atoms with van der Waals surface area (Å²) < 4.78 is 0. The van der Waals surface area contributed by atoms with Crippen molar-refractivity contribution in [1.82, 2.24) is 5.32 Å². The second-order valence-corrected chi connectivity index (χ2v) is 6.08. The lowest BCUT2D eigenvalue weighted by molar-refractivity contribution is 0.0954. The Morgan fingerprint density at radius 1 is 1.10 bits per heavy atom. The van der Waals surface area contributed by atoms with Crippen LogP contribution in [0.4, 0.5) is 0 Å². The first-order valence-corrected chi connectivity index (χ1v) is 7.68. The number of amides is 1. The van der Waals surface area contributed by atoms with Gasteiger partial charge in [-0.2, -0.15) is 0 Å². The van der Waals surface area contributed by atoms with E-state index in [2.05, 4.69) is 21.2 Å². The summed E-state index contributed by atoms with van der Waals surface area (Å²) in [5.41, 5.74) is 1.48. The number of alkyl halides is 1. The van der Waals surface area contributed by atoms with E-state index in [1.54, 1.807) is 18.2 Å². The van der Waals surface area contributed by atoms with E-state index in [0.29, 0.717) is 17.1 Å². The lowest BCUT2D eigenvalue weighted by Crippen LogP contribution is -2.27. The van der Waals surface area contributed by atoms with Crippen molar-refractivity contribution in [1.29, 1.82) is 0 Å². The summed E-state index contributed by atoms with van der Waals surface area (Å²) in [5, 5.41) is 3.48. The van der Waals surface area contributed by atoms with Crippen LogP contribution in [0.3, 0.4) is 0 Å². The molecule has 1 N–H and O–H groups in total. The van der Waals surface area contributed by atoms with Gasteiger partial charge in [-0.3, -0.25) is 4.79 Å². The van der Waals surface area contributed by atoms with Crippen LogP contribution in [0.5, 0.6) is 0 Å². The molecule has 0 radical (unpaired) electrons. The van der Waals surface area contributed by atoms with E-state index >= 15 is 0 Å². The van der Waals surface area contributed by atoms with Crippen molar-refractivity contribution in [3.8, 4) is 0 Å². The van der Waals surface area contributed by atoms with Gasteiger partial charge in [0.15, 0.2) is 0 Å². The fraction of sp³-hybridized carbons (Fsp3) is 0.133. The second kappa shape index (κ2) is 7.11. The van der Waals surface area contributed by atoms with E-state index in [1.165, 1.54) is 0 Å². The first kappa shape index (κ1) is 15.4. The fourth-order valence-electron chi connectivity index (χ4n) is 1.74.